The average Bonchev–Trinajstić information content (AvgIpc) is 3.00. The summed E-state index contributed by atoms with van der Waals surface area (Å²) in [6.07, 6.45) is -2.26. The van der Waals surface area contributed by atoms with Crippen LogP contribution in [0, 0.1) is 6.92 Å². The monoisotopic (exact) mass is 315 g/mol. The summed E-state index contributed by atoms with van der Waals surface area (Å²) in [4.78, 5) is 11.9. The fourth-order valence-corrected chi connectivity index (χ4v) is 1.97. The van der Waals surface area contributed by atoms with Crippen LogP contribution in [0.15, 0.2) is 18.3 Å². The number of carbonyl (C=O) groups is 1. The largest absolute Gasteiger partial charge is 0.435 e. The Morgan fingerprint density at radius 2 is 2.14 bits per heavy atom. The Morgan fingerprint density at radius 1 is 1.41 bits per heavy atom. The number of aromatic nitrogens is 4. The van der Waals surface area contributed by atoms with E-state index in [2.05, 4.69) is 15.5 Å². The highest BCUT2D eigenvalue weighted by molar-refractivity contribution is 5.92. The molecule has 9 heteroatoms. The first-order valence-electron chi connectivity index (χ1n) is 6.67. The molecule has 120 valence electrons. The number of halogens is 3. The third-order valence-electron chi connectivity index (χ3n) is 3.16. The summed E-state index contributed by atoms with van der Waals surface area (Å²) in [5, 5.41) is 9.98. The van der Waals surface area contributed by atoms with E-state index < -0.39 is 17.8 Å². The zero-order valence-corrected chi connectivity index (χ0v) is 12.2. The van der Waals surface area contributed by atoms with Crippen molar-refractivity contribution in [3.05, 3.63) is 35.4 Å². The highest BCUT2D eigenvalue weighted by atomic mass is 19.4. The number of hydrogen-bond acceptors (Lipinski definition) is 3. The zero-order chi connectivity index (χ0) is 16.3. The number of carbonyl (C=O) groups excluding carboxylic acids is 1. The van der Waals surface area contributed by atoms with Crippen LogP contribution >= 0.6 is 0 Å². The molecule has 0 bridgehead atoms. The number of nitrogens with zero attached hydrogens (tertiary/aromatic N) is 4. The molecule has 22 heavy (non-hydrogen) atoms. The van der Waals surface area contributed by atoms with E-state index in [1.807, 2.05) is 13.0 Å². The van der Waals surface area contributed by atoms with Gasteiger partial charge in [0, 0.05) is 38.1 Å². The second kappa shape index (κ2) is 6.20. The predicted molar refractivity (Wildman–Crippen MR) is 72.1 cm³/mol. The summed E-state index contributed by atoms with van der Waals surface area (Å²) in [7, 11) is 1.30. The maximum atomic E-state index is 12.5. The van der Waals surface area contributed by atoms with Gasteiger partial charge in [-0.2, -0.15) is 23.4 Å². The molecule has 2 rings (SSSR count). The highest BCUT2D eigenvalue weighted by Crippen LogP contribution is 2.28. The first-order valence-corrected chi connectivity index (χ1v) is 6.67. The Labute approximate surface area is 124 Å². The standard InChI is InChI=1S/C13H16F3N5O/c1-9-4-6-18-21(9)7-3-5-17-12(22)10-8-11(13(14,15)16)19-20(10)2/h4,6,8H,3,5,7H2,1-2H3,(H,17,22). The molecular formula is C13H16F3N5O. The molecule has 2 heterocycles. The van der Waals surface area contributed by atoms with Gasteiger partial charge in [-0.3, -0.25) is 14.2 Å². The third-order valence-corrected chi connectivity index (χ3v) is 3.16. The smallest absolute Gasteiger partial charge is 0.351 e. The molecule has 0 saturated heterocycles. The normalized spacial score (nSPS) is 11.7. The van der Waals surface area contributed by atoms with Crippen LogP contribution in [-0.4, -0.2) is 32.0 Å². The predicted octanol–water partition coefficient (Wildman–Crippen LogP) is 1.76. The number of aryl methyl sites for hydroxylation is 3. The lowest BCUT2D eigenvalue weighted by Crippen LogP contribution is -2.27. The lowest BCUT2D eigenvalue weighted by atomic mass is 10.3. The van der Waals surface area contributed by atoms with Crippen molar-refractivity contribution < 1.29 is 18.0 Å². The summed E-state index contributed by atoms with van der Waals surface area (Å²) in [6.45, 7) is 2.88. The molecule has 0 saturated carbocycles. The molecule has 0 aromatic carbocycles. The minimum absolute atomic E-state index is 0.123. The minimum atomic E-state index is -4.56. The lowest BCUT2D eigenvalue weighted by Gasteiger charge is -2.06. The summed E-state index contributed by atoms with van der Waals surface area (Å²) in [5.74, 6) is -0.581. The van der Waals surface area contributed by atoms with E-state index in [1.54, 1.807) is 10.9 Å². The maximum Gasteiger partial charge on any atom is 0.435 e. The fourth-order valence-electron chi connectivity index (χ4n) is 1.97. The van der Waals surface area contributed by atoms with E-state index in [4.69, 9.17) is 0 Å². The van der Waals surface area contributed by atoms with Crippen LogP contribution in [0.3, 0.4) is 0 Å². The van der Waals surface area contributed by atoms with Crippen molar-refractivity contribution in [3.63, 3.8) is 0 Å². The summed E-state index contributed by atoms with van der Waals surface area (Å²) in [5.41, 5.74) is -0.192. The Balaban J connectivity index is 1.87. The quantitative estimate of drug-likeness (QED) is 0.855. The summed E-state index contributed by atoms with van der Waals surface area (Å²) in [6, 6.07) is 2.61. The van der Waals surface area contributed by atoms with Gasteiger partial charge in [-0.15, -0.1) is 0 Å². The van der Waals surface area contributed by atoms with Gasteiger partial charge in [0.25, 0.3) is 5.91 Å². The van der Waals surface area contributed by atoms with Crippen molar-refractivity contribution >= 4 is 5.91 Å². The van der Waals surface area contributed by atoms with Gasteiger partial charge in [0.1, 0.15) is 5.69 Å². The third kappa shape index (κ3) is 3.66. The van der Waals surface area contributed by atoms with Crippen LogP contribution in [-0.2, 0) is 19.8 Å². The van der Waals surface area contributed by atoms with Crippen LogP contribution in [0.5, 0.6) is 0 Å². The van der Waals surface area contributed by atoms with Gasteiger partial charge in [0.15, 0.2) is 5.69 Å². The molecule has 0 spiro atoms. The summed E-state index contributed by atoms with van der Waals surface area (Å²) < 4.78 is 40.3. The topological polar surface area (TPSA) is 64.7 Å². The molecule has 0 aliphatic carbocycles. The van der Waals surface area contributed by atoms with Crippen molar-refractivity contribution in [1.29, 1.82) is 0 Å². The average molecular weight is 315 g/mol. The van der Waals surface area contributed by atoms with E-state index in [0.29, 0.717) is 19.5 Å². The number of rotatable bonds is 5. The van der Waals surface area contributed by atoms with Gasteiger partial charge in [-0.1, -0.05) is 0 Å². The zero-order valence-electron chi connectivity index (χ0n) is 12.2. The van der Waals surface area contributed by atoms with E-state index in [0.717, 1.165) is 16.4 Å². The Morgan fingerprint density at radius 3 is 2.68 bits per heavy atom. The number of alkyl halides is 3. The molecule has 2 aromatic rings. The van der Waals surface area contributed by atoms with E-state index in [9.17, 15) is 18.0 Å². The second-order valence-electron chi connectivity index (χ2n) is 4.84. The molecule has 0 aliphatic heterocycles. The molecule has 0 unspecified atom stereocenters. The molecule has 2 aromatic heterocycles. The maximum absolute atomic E-state index is 12.5. The first kappa shape index (κ1) is 16.1. The van der Waals surface area contributed by atoms with Gasteiger partial charge in [0.05, 0.1) is 0 Å². The van der Waals surface area contributed by atoms with Crippen LogP contribution in [0.1, 0.15) is 28.3 Å². The van der Waals surface area contributed by atoms with Crippen molar-refractivity contribution in [2.24, 2.45) is 7.05 Å². The molecule has 1 N–H and O–H groups in total. The molecule has 1 amide bonds. The van der Waals surface area contributed by atoms with Crippen molar-refractivity contribution in [1.82, 2.24) is 24.9 Å². The highest BCUT2D eigenvalue weighted by Gasteiger charge is 2.35. The van der Waals surface area contributed by atoms with Crippen molar-refractivity contribution in [2.75, 3.05) is 6.54 Å². The van der Waals surface area contributed by atoms with Crippen molar-refractivity contribution in [3.8, 4) is 0 Å². The van der Waals surface area contributed by atoms with Gasteiger partial charge >= 0.3 is 6.18 Å². The first-order chi connectivity index (χ1) is 10.3. The SMILES string of the molecule is Cc1ccnn1CCCNC(=O)c1cc(C(F)(F)F)nn1C. The molecule has 0 radical (unpaired) electrons. The minimum Gasteiger partial charge on any atom is -0.351 e. The molecule has 0 atom stereocenters. The van der Waals surface area contributed by atoms with E-state index >= 15 is 0 Å². The second-order valence-corrected chi connectivity index (χ2v) is 4.84. The number of hydrogen-bond donors (Lipinski definition) is 1. The molecule has 0 aliphatic rings. The van der Waals surface area contributed by atoms with Crippen molar-refractivity contribution in [2.45, 2.75) is 26.1 Å². The number of nitrogens with one attached hydrogen (secondary N) is 1. The molecule has 0 fully saturated rings. The molecule has 6 nitrogen and oxygen atoms in total. The Hall–Kier alpha value is -2.32. The van der Waals surface area contributed by atoms with Gasteiger partial charge in [-0.05, 0) is 19.4 Å². The summed E-state index contributed by atoms with van der Waals surface area (Å²) >= 11 is 0. The van der Waals surface area contributed by atoms with Crippen LogP contribution in [0.25, 0.3) is 0 Å². The van der Waals surface area contributed by atoms with E-state index in [-0.39, 0.29) is 5.69 Å². The van der Waals surface area contributed by atoms with Crippen LogP contribution < -0.4 is 5.32 Å². The Bertz CT molecular complexity index is 659. The van der Waals surface area contributed by atoms with Crippen LogP contribution in [0.4, 0.5) is 13.2 Å². The van der Waals surface area contributed by atoms with Crippen LogP contribution in [0.2, 0.25) is 0 Å². The van der Waals surface area contributed by atoms with Gasteiger partial charge in [0.2, 0.25) is 0 Å². The molecular weight excluding hydrogens is 299 g/mol. The number of amides is 1. The van der Waals surface area contributed by atoms with E-state index in [1.165, 1.54) is 7.05 Å². The fraction of sp³-hybridized carbons (Fsp3) is 0.462. The Kier molecular flexibility index (Phi) is 4.53. The van der Waals surface area contributed by atoms with Gasteiger partial charge < -0.3 is 5.32 Å². The van der Waals surface area contributed by atoms with Gasteiger partial charge in [-0.25, -0.2) is 0 Å². The lowest BCUT2D eigenvalue weighted by molar-refractivity contribution is -0.141.